The van der Waals surface area contributed by atoms with Gasteiger partial charge in [-0.2, -0.15) is 0 Å². The Balaban J connectivity index is 0.00000288. The summed E-state index contributed by atoms with van der Waals surface area (Å²) in [5.74, 6) is 1.80. The molecule has 0 saturated heterocycles. The number of nitrogens with one attached hydrogen (secondary N) is 2. The predicted molar refractivity (Wildman–Crippen MR) is 111 cm³/mol. The number of hydrogen-bond donors (Lipinski definition) is 2. The lowest BCUT2D eigenvalue weighted by atomic mass is 9.96. The van der Waals surface area contributed by atoms with Crippen LogP contribution >= 0.6 is 24.0 Å². The van der Waals surface area contributed by atoms with Crippen molar-refractivity contribution in [3.05, 3.63) is 23.0 Å². The third kappa shape index (κ3) is 5.79. The molecule has 5 nitrogen and oxygen atoms in total. The second kappa shape index (κ2) is 10.7. The molecule has 1 aromatic rings. The van der Waals surface area contributed by atoms with Gasteiger partial charge in [0.2, 0.25) is 0 Å². The van der Waals surface area contributed by atoms with Crippen LogP contribution in [-0.4, -0.2) is 30.6 Å². The van der Waals surface area contributed by atoms with E-state index in [0.717, 1.165) is 35.1 Å². The van der Waals surface area contributed by atoms with Crippen LogP contribution in [0.5, 0.6) is 5.75 Å². The van der Waals surface area contributed by atoms with Crippen LogP contribution in [0.15, 0.2) is 11.2 Å². The Labute approximate surface area is 163 Å². The van der Waals surface area contributed by atoms with E-state index in [4.69, 9.17) is 9.73 Å². The van der Waals surface area contributed by atoms with Crippen molar-refractivity contribution < 1.29 is 4.74 Å². The quantitative estimate of drug-likeness (QED) is 0.411. The van der Waals surface area contributed by atoms with Gasteiger partial charge in [-0.25, -0.2) is 4.99 Å². The Morgan fingerprint density at radius 1 is 1.29 bits per heavy atom. The Hall–Kier alpha value is -1.05. The molecule has 1 heterocycles. The molecule has 1 saturated carbocycles. The molecule has 0 bridgehead atoms. The standard InChI is InChI=1S/C18H30N4O.HI/c1-5-19-18(22-15-9-7-6-8-10-15)21-12-16-14(3)17(23-4)13(2)11-20-16;/h11,15H,5-10,12H2,1-4H3,(H2,19,21,22);1H. The van der Waals surface area contributed by atoms with E-state index in [0.29, 0.717) is 12.6 Å². The maximum absolute atomic E-state index is 5.47. The molecule has 24 heavy (non-hydrogen) atoms. The number of nitrogens with zero attached hydrogens (tertiary/aromatic N) is 2. The number of aliphatic imine (C=N–C) groups is 1. The first kappa shape index (κ1) is 21.0. The average Bonchev–Trinajstić information content (AvgIpc) is 2.55. The molecule has 2 N–H and O–H groups in total. The van der Waals surface area contributed by atoms with Gasteiger partial charge in [0.1, 0.15) is 5.75 Å². The fourth-order valence-electron chi connectivity index (χ4n) is 3.14. The van der Waals surface area contributed by atoms with E-state index in [1.807, 2.05) is 20.0 Å². The van der Waals surface area contributed by atoms with E-state index in [2.05, 4.69) is 22.5 Å². The van der Waals surface area contributed by atoms with E-state index in [1.165, 1.54) is 32.1 Å². The summed E-state index contributed by atoms with van der Waals surface area (Å²) in [7, 11) is 1.71. The van der Waals surface area contributed by atoms with Crippen LogP contribution in [0.2, 0.25) is 0 Å². The van der Waals surface area contributed by atoms with Gasteiger partial charge < -0.3 is 15.4 Å². The maximum Gasteiger partial charge on any atom is 0.191 e. The zero-order valence-electron chi connectivity index (χ0n) is 15.3. The van der Waals surface area contributed by atoms with Gasteiger partial charge >= 0.3 is 0 Å². The fraction of sp³-hybridized carbons (Fsp3) is 0.667. The molecular formula is C18H31IN4O. The van der Waals surface area contributed by atoms with Crippen LogP contribution < -0.4 is 15.4 Å². The third-order valence-corrected chi connectivity index (χ3v) is 4.43. The molecule has 136 valence electrons. The SMILES string of the molecule is CCNC(=NCc1ncc(C)c(OC)c1C)NC1CCCCC1.I. The number of guanidine groups is 1. The van der Waals surface area contributed by atoms with Crippen molar-refractivity contribution in [2.24, 2.45) is 4.99 Å². The highest BCUT2D eigenvalue weighted by Crippen LogP contribution is 2.24. The molecule has 1 fully saturated rings. The maximum atomic E-state index is 5.47. The lowest BCUT2D eigenvalue weighted by Crippen LogP contribution is -2.44. The molecule has 0 amide bonds. The van der Waals surface area contributed by atoms with E-state index in [-0.39, 0.29) is 24.0 Å². The van der Waals surface area contributed by atoms with Gasteiger partial charge in [-0.1, -0.05) is 19.3 Å². The van der Waals surface area contributed by atoms with Gasteiger partial charge in [0.25, 0.3) is 0 Å². The van der Waals surface area contributed by atoms with Crippen LogP contribution in [-0.2, 0) is 6.54 Å². The van der Waals surface area contributed by atoms with Gasteiger partial charge in [-0.15, -0.1) is 24.0 Å². The molecular weight excluding hydrogens is 415 g/mol. The summed E-state index contributed by atoms with van der Waals surface area (Å²) in [6.45, 7) is 7.58. The first-order valence-electron chi connectivity index (χ1n) is 8.69. The average molecular weight is 446 g/mol. The zero-order chi connectivity index (χ0) is 16.7. The molecule has 0 radical (unpaired) electrons. The van der Waals surface area contributed by atoms with Crippen molar-refractivity contribution in [1.29, 1.82) is 0 Å². The summed E-state index contributed by atoms with van der Waals surface area (Å²) in [6.07, 6.45) is 8.32. The van der Waals surface area contributed by atoms with Gasteiger partial charge in [-0.3, -0.25) is 4.98 Å². The predicted octanol–water partition coefficient (Wildman–Crippen LogP) is 3.71. The van der Waals surface area contributed by atoms with Gasteiger partial charge in [-0.05, 0) is 33.6 Å². The number of aryl methyl sites for hydroxylation is 1. The number of aromatic nitrogens is 1. The van der Waals surface area contributed by atoms with Gasteiger partial charge in [0.05, 0.1) is 19.3 Å². The number of pyridine rings is 1. The first-order valence-corrected chi connectivity index (χ1v) is 8.69. The molecule has 0 spiro atoms. The Kier molecular flexibility index (Phi) is 9.39. The summed E-state index contributed by atoms with van der Waals surface area (Å²) >= 11 is 0. The Morgan fingerprint density at radius 2 is 2.00 bits per heavy atom. The first-order chi connectivity index (χ1) is 11.2. The van der Waals surface area contributed by atoms with Crippen molar-refractivity contribution in [2.75, 3.05) is 13.7 Å². The van der Waals surface area contributed by atoms with Crippen molar-refractivity contribution in [3.63, 3.8) is 0 Å². The fourth-order valence-corrected chi connectivity index (χ4v) is 3.14. The lowest BCUT2D eigenvalue weighted by molar-refractivity contribution is 0.406. The minimum Gasteiger partial charge on any atom is -0.496 e. The van der Waals surface area contributed by atoms with Crippen LogP contribution in [0.3, 0.4) is 0 Å². The van der Waals surface area contributed by atoms with Crippen LogP contribution in [0.1, 0.15) is 55.8 Å². The van der Waals surface area contributed by atoms with Crippen molar-refractivity contribution in [1.82, 2.24) is 15.6 Å². The normalized spacial score (nSPS) is 15.6. The number of hydrogen-bond acceptors (Lipinski definition) is 3. The molecule has 0 atom stereocenters. The Bertz CT molecular complexity index is 542. The van der Waals surface area contributed by atoms with Crippen LogP contribution in [0, 0.1) is 13.8 Å². The monoisotopic (exact) mass is 446 g/mol. The largest absolute Gasteiger partial charge is 0.496 e. The number of methoxy groups -OCH3 is 1. The topological polar surface area (TPSA) is 58.5 Å². The molecule has 2 rings (SSSR count). The minimum atomic E-state index is 0. The van der Waals surface area contributed by atoms with Crippen molar-refractivity contribution in [3.8, 4) is 5.75 Å². The van der Waals surface area contributed by atoms with Crippen LogP contribution in [0.25, 0.3) is 0 Å². The molecule has 0 aromatic carbocycles. The van der Waals surface area contributed by atoms with Gasteiger partial charge in [0.15, 0.2) is 5.96 Å². The molecule has 1 aliphatic rings. The number of halogens is 1. The highest BCUT2D eigenvalue weighted by atomic mass is 127. The van der Waals surface area contributed by atoms with E-state index in [9.17, 15) is 0 Å². The van der Waals surface area contributed by atoms with E-state index < -0.39 is 0 Å². The van der Waals surface area contributed by atoms with Crippen molar-refractivity contribution in [2.45, 2.75) is 65.5 Å². The second-order valence-electron chi connectivity index (χ2n) is 6.22. The lowest BCUT2D eigenvalue weighted by Gasteiger charge is -2.25. The number of rotatable bonds is 5. The van der Waals surface area contributed by atoms with Crippen LogP contribution in [0.4, 0.5) is 0 Å². The highest BCUT2D eigenvalue weighted by molar-refractivity contribution is 14.0. The second-order valence-corrected chi connectivity index (χ2v) is 6.22. The zero-order valence-corrected chi connectivity index (χ0v) is 17.6. The molecule has 1 aromatic heterocycles. The molecule has 1 aliphatic carbocycles. The third-order valence-electron chi connectivity index (χ3n) is 4.43. The summed E-state index contributed by atoms with van der Waals surface area (Å²) in [5, 5.41) is 6.91. The van der Waals surface area contributed by atoms with Crippen molar-refractivity contribution >= 4 is 29.9 Å². The molecule has 0 unspecified atom stereocenters. The summed E-state index contributed by atoms with van der Waals surface area (Å²) in [5.41, 5.74) is 3.10. The Morgan fingerprint density at radius 3 is 2.62 bits per heavy atom. The molecule has 0 aliphatic heterocycles. The minimum absolute atomic E-state index is 0. The number of ether oxygens (including phenoxy) is 1. The van der Waals surface area contributed by atoms with Gasteiger partial charge in [0, 0.05) is 29.9 Å². The summed E-state index contributed by atoms with van der Waals surface area (Å²) in [4.78, 5) is 9.24. The van der Waals surface area contributed by atoms with E-state index >= 15 is 0 Å². The smallest absolute Gasteiger partial charge is 0.191 e. The molecule has 6 heteroatoms. The summed E-state index contributed by atoms with van der Waals surface area (Å²) < 4.78 is 5.47. The summed E-state index contributed by atoms with van der Waals surface area (Å²) in [6, 6.07) is 0.545. The highest BCUT2D eigenvalue weighted by Gasteiger charge is 2.15. The van der Waals surface area contributed by atoms with E-state index in [1.54, 1.807) is 7.11 Å².